The van der Waals surface area contributed by atoms with Crippen molar-refractivity contribution >= 4 is 40.3 Å². The molecular formula is C26H31N3O2S. The van der Waals surface area contributed by atoms with E-state index in [9.17, 15) is 4.79 Å². The van der Waals surface area contributed by atoms with Crippen LogP contribution in [-0.2, 0) is 4.79 Å². The molecule has 2 aliphatic heterocycles. The topological polar surface area (TPSA) is 53.9 Å². The first-order valence-electron chi connectivity index (χ1n) is 11.1. The van der Waals surface area contributed by atoms with Gasteiger partial charge in [0.1, 0.15) is 5.75 Å². The maximum Gasteiger partial charge on any atom is 0.264 e. The maximum atomic E-state index is 12.7. The second-order valence-corrected chi connectivity index (χ2v) is 10.2. The number of benzene rings is 2. The number of nitrogens with one attached hydrogen (secondary N) is 1. The fourth-order valence-electron chi connectivity index (χ4n) is 4.85. The van der Waals surface area contributed by atoms with Crippen molar-refractivity contribution in [3.8, 4) is 5.75 Å². The van der Waals surface area contributed by atoms with Crippen molar-refractivity contribution in [3.05, 3.63) is 58.0 Å². The Balaban J connectivity index is 1.70. The molecule has 4 rings (SSSR count). The van der Waals surface area contributed by atoms with Gasteiger partial charge in [-0.25, -0.2) is 4.99 Å². The van der Waals surface area contributed by atoms with Crippen LogP contribution in [0.3, 0.4) is 0 Å². The van der Waals surface area contributed by atoms with Gasteiger partial charge in [-0.1, -0.05) is 19.1 Å². The number of anilines is 1. The van der Waals surface area contributed by atoms with E-state index in [4.69, 9.17) is 4.74 Å². The van der Waals surface area contributed by atoms with Crippen LogP contribution < -0.4 is 15.0 Å². The minimum atomic E-state index is -0.134. The van der Waals surface area contributed by atoms with Crippen LogP contribution >= 0.6 is 11.8 Å². The van der Waals surface area contributed by atoms with E-state index in [0.29, 0.717) is 16.0 Å². The zero-order valence-electron chi connectivity index (χ0n) is 19.7. The van der Waals surface area contributed by atoms with E-state index in [1.54, 1.807) is 7.11 Å². The van der Waals surface area contributed by atoms with Crippen LogP contribution in [0.4, 0.5) is 11.4 Å². The van der Waals surface area contributed by atoms with Crippen LogP contribution in [0, 0.1) is 6.92 Å². The molecule has 2 aliphatic rings. The Labute approximate surface area is 194 Å². The quantitative estimate of drug-likeness (QED) is 0.581. The zero-order chi connectivity index (χ0) is 23.0. The first-order chi connectivity index (χ1) is 15.2. The largest absolute Gasteiger partial charge is 0.496 e. The number of hydrogen-bond donors (Lipinski definition) is 1. The Morgan fingerprint density at radius 3 is 2.78 bits per heavy atom. The molecule has 2 aromatic rings. The molecule has 1 saturated heterocycles. The predicted octanol–water partition coefficient (Wildman–Crippen LogP) is 6.01. The average molecular weight is 450 g/mol. The third-order valence-corrected chi connectivity index (χ3v) is 7.13. The van der Waals surface area contributed by atoms with Crippen LogP contribution in [0.15, 0.2) is 46.3 Å². The summed E-state index contributed by atoms with van der Waals surface area (Å²) < 4.78 is 5.75. The number of fused-ring (bicyclic) bond motifs is 1. The number of carbonyl (C=O) groups excluding carboxylic acids is 1. The molecule has 1 N–H and O–H groups in total. The van der Waals surface area contributed by atoms with E-state index in [1.807, 2.05) is 37.3 Å². The standard InChI is InChI=1S/C26H31N3O2S/c1-7-29-21-14-22(31-6)18(12-20(21)17(3)15-26(29,4)5)13-23-24(30)28-25(32-23)27-19-10-8-9-16(2)11-19/h8-14,17H,7,15H2,1-6H3,(H,27,28,30)/b23-13+. The van der Waals surface area contributed by atoms with Gasteiger partial charge in [0.05, 0.1) is 17.7 Å². The molecule has 6 heteroatoms. The summed E-state index contributed by atoms with van der Waals surface area (Å²) in [6.07, 6.45) is 3.00. The van der Waals surface area contributed by atoms with Gasteiger partial charge in [0.25, 0.3) is 5.91 Å². The molecule has 1 amide bonds. The van der Waals surface area contributed by atoms with Gasteiger partial charge < -0.3 is 15.0 Å². The van der Waals surface area contributed by atoms with Crippen LogP contribution in [0.5, 0.6) is 5.75 Å². The molecule has 1 fully saturated rings. The Kier molecular flexibility index (Phi) is 6.08. The number of nitrogens with zero attached hydrogens (tertiary/aromatic N) is 2. The highest BCUT2D eigenvalue weighted by Gasteiger charge is 2.36. The molecule has 0 aliphatic carbocycles. The highest BCUT2D eigenvalue weighted by molar-refractivity contribution is 8.18. The van der Waals surface area contributed by atoms with E-state index in [-0.39, 0.29) is 11.4 Å². The number of thioether (sulfide) groups is 1. The molecule has 0 bridgehead atoms. The molecule has 168 valence electrons. The number of amidine groups is 1. The number of methoxy groups -OCH3 is 1. The minimum Gasteiger partial charge on any atom is -0.496 e. The second kappa shape index (κ2) is 8.66. The molecule has 1 unspecified atom stereocenters. The van der Waals surface area contributed by atoms with Crippen LogP contribution in [0.1, 0.15) is 56.7 Å². The van der Waals surface area contributed by atoms with Crippen LogP contribution in [0.2, 0.25) is 0 Å². The Hall–Kier alpha value is -2.73. The molecule has 0 radical (unpaired) electrons. The summed E-state index contributed by atoms with van der Waals surface area (Å²) in [5.41, 5.74) is 5.50. The summed E-state index contributed by atoms with van der Waals surface area (Å²) in [5, 5.41) is 3.48. The highest BCUT2D eigenvalue weighted by atomic mass is 32.2. The molecule has 0 spiro atoms. The van der Waals surface area contributed by atoms with Gasteiger partial charge >= 0.3 is 0 Å². The van der Waals surface area contributed by atoms with Crippen molar-refractivity contribution < 1.29 is 9.53 Å². The summed E-state index contributed by atoms with van der Waals surface area (Å²) in [4.78, 5) is 20.3. The third kappa shape index (κ3) is 4.29. The van der Waals surface area contributed by atoms with E-state index in [2.05, 4.69) is 55.0 Å². The number of rotatable bonds is 4. The normalized spacial score (nSPS) is 22.2. The first kappa shape index (κ1) is 22.5. The highest BCUT2D eigenvalue weighted by Crippen LogP contribution is 2.46. The Morgan fingerprint density at radius 1 is 1.31 bits per heavy atom. The lowest BCUT2D eigenvalue weighted by Crippen LogP contribution is -2.48. The van der Waals surface area contributed by atoms with Crippen molar-refractivity contribution in [2.75, 3.05) is 18.6 Å². The van der Waals surface area contributed by atoms with Gasteiger partial charge in [0.15, 0.2) is 5.17 Å². The van der Waals surface area contributed by atoms with E-state index in [1.165, 1.54) is 23.0 Å². The fraction of sp³-hybridized carbons (Fsp3) is 0.385. The van der Waals surface area contributed by atoms with Crippen molar-refractivity contribution in [3.63, 3.8) is 0 Å². The van der Waals surface area contributed by atoms with Gasteiger partial charge in [-0.3, -0.25) is 4.79 Å². The van der Waals surface area contributed by atoms with Crippen molar-refractivity contribution in [2.45, 2.75) is 52.5 Å². The second-order valence-electron chi connectivity index (χ2n) is 9.14. The average Bonchev–Trinajstić information content (AvgIpc) is 3.06. The summed E-state index contributed by atoms with van der Waals surface area (Å²) in [6.45, 7) is 12.0. The van der Waals surface area contributed by atoms with Gasteiger partial charge in [-0.05, 0) is 87.2 Å². The van der Waals surface area contributed by atoms with E-state index >= 15 is 0 Å². The maximum absolute atomic E-state index is 12.7. The molecule has 2 aromatic carbocycles. The molecule has 2 heterocycles. The van der Waals surface area contributed by atoms with Gasteiger partial charge in [0.2, 0.25) is 0 Å². The van der Waals surface area contributed by atoms with Crippen molar-refractivity contribution in [2.24, 2.45) is 4.99 Å². The third-order valence-electron chi connectivity index (χ3n) is 6.22. The van der Waals surface area contributed by atoms with Gasteiger partial charge in [-0.2, -0.15) is 0 Å². The number of ether oxygens (including phenoxy) is 1. The smallest absolute Gasteiger partial charge is 0.264 e. The Bertz CT molecular complexity index is 1120. The summed E-state index contributed by atoms with van der Waals surface area (Å²) in [7, 11) is 1.68. The minimum absolute atomic E-state index is 0.0918. The molecule has 5 nitrogen and oxygen atoms in total. The Morgan fingerprint density at radius 2 is 2.09 bits per heavy atom. The monoisotopic (exact) mass is 449 g/mol. The van der Waals surface area contributed by atoms with Gasteiger partial charge in [0, 0.05) is 29.4 Å². The fourth-order valence-corrected chi connectivity index (χ4v) is 5.68. The zero-order valence-corrected chi connectivity index (χ0v) is 20.5. The summed E-state index contributed by atoms with van der Waals surface area (Å²) in [6, 6.07) is 12.2. The first-order valence-corrected chi connectivity index (χ1v) is 11.9. The molecule has 0 aromatic heterocycles. The number of carbonyl (C=O) groups is 1. The molecular weight excluding hydrogens is 418 g/mol. The molecule has 0 saturated carbocycles. The number of amides is 1. The molecule has 32 heavy (non-hydrogen) atoms. The van der Waals surface area contributed by atoms with Crippen molar-refractivity contribution in [1.82, 2.24) is 5.32 Å². The van der Waals surface area contributed by atoms with Crippen molar-refractivity contribution in [1.29, 1.82) is 0 Å². The van der Waals surface area contributed by atoms with E-state index in [0.717, 1.165) is 35.5 Å². The lowest BCUT2D eigenvalue weighted by molar-refractivity contribution is -0.115. The number of aliphatic imine (C=N–C) groups is 1. The predicted molar refractivity (Wildman–Crippen MR) is 135 cm³/mol. The lowest BCUT2D eigenvalue weighted by atomic mass is 9.79. The number of hydrogen-bond acceptors (Lipinski definition) is 5. The van der Waals surface area contributed by atoms with Gasteiger partial charge in [-0.15, -0.1) is 0 Å². The molecule has 1 atom stereocenters. The summed E-state index contributed by atoms with van der Waals surface area (Å²) >= 11 is 1.36. The van der Waals surface area contributed by atoms with Crippen LogP contribution in [-0.4, -0.2) is 30.3 Å². The van der Waals surface area contributed by atoms with E-state index < -0.39 is 0 Å². The SMILES string of the molecule is CCN1c2cc(OC)c(/C=C3/SC(=Nc4cccc(C)c4)NC3=O)cc2C(C)CC1(C)C. The lowest BCUT2D eigenvalue weighted by Gasteiger charge is -2.47. The summed E-state index contributed by atoms with van der Waals surface area (Å²) in [5.74, 6) is 1.07. The number of aryl methyl sites for hydroxylation is 1. The van der Waals surface area contributed by atoms with Crippen LogP contribution in [0.25, 0.3) is 6.08 Å².